The molecule has 0 rings (SSSR count). The van der Waals surface area contributed by atoms with Crippen molar-refractivity contribution < 1.29 is 4.79 Å². The van der Waals surface area contributed by atoms with E-state index in [-0.39, 0.29) is 5.78 Å². The van der Waals surface area contributed by atoms with Gasteiger partial charge >= 0.3 is 0 Å². The van der Waals surface area contributed by atoms with Crippen LogP contribution in [0.3, 0.4) is 0 Å². The number of ketones is 1. The van der Waals surface area contributed by atoms with Crippen molar-refractivity contribution in [1.29, 1.82) is 0 Å². The summed E-state index contributed by atoms with van der Waals surface area (Å²) in [5, 5.41) is -1.24. The molecule has 0 fully saturated rings. The van der Waals surface area contributed by atoms with E-state index >= 15 is 0 Å². The minimum absolute atomic E-state index is 0.0972. The Hall–Kier alpha value is 0.769. The maximum absolute atomic E-state index is 12.6. The summed E-state index contributed by atoms with van der Waals surface area (Å²) in [7, 11) is 15.0. The number of carbonyl (C=O) groups is 1. The highest BCUT2D eigenvalue weighted by molar-refractivity contribution is 6.79. The van der Waals surface area contributed by atoms with E-state index in [2.05, 4.69) is 0 Å². The minimum Gasteiger partial charge on any atom is -0.302 e. The van der Waals surface area contributed by atoms with Gasteiger partial charge in [-0.15, -0.1) is 23.2 Å². The molecule has 0 spiro atoms. The summed E-state index contributed by atoms with van der Waals surface area (Å²) in [5.74, 6) is 0.0972. The Morgan fingerprint density at radius 1 is 0.688 bits per heavy atom. The van der Waals surface area contributed by atoms with Crippen molar-refractivity contribution in [3.05, 3.63) is 0 Å². The van der Waals surface area contributed by atoms with Gasteiger partial charge in [-0.2, -0.15) is 0 Å². The Morgan fingerprint density at radius 3 is 1.00 bits per heavy atom. The number of halogens is 2. The average Bonchev–Trinajstić information content (AvgIpc) is 1.98. The molecule has 16 heavy (non-hydrogen) atoms. The molecule has 0 radical (unpaired) electrons. The third kappa shape index (κ3) is 2.96. The van der Waals surface area contributed by atoms with Crippen LogP contribution in [0.4, 0.5) is 0 Å². The van der Waals surface area contributed by atoms with Crippen LogP contribution in [0, 0.1) is 0 Å². The molecule has 0 aliphatic carbocycles. The molecule has 0 aromatic heterocycles. The van der Waals surface area contributed by atoms with E-state index in [1.54, 1.807) is 0 Å². The Bertz CT molecular complexity index is 262. The van der Waals surface area contributed by atoms with Crippen molar-refractivity contribution >= 4 is 91.8 Å². The van der Waals surface area contributed by atoms with Gasteiger partial charge in [-0.25, -0.2) is 0 Å². The second kappa shape index (κ2) is 4.46. The molecule has 80 valence electrons. The van der Waals surface area contributed by atoms with Gasteiger partial charge in [0.2, 0.25) is 0 Å². The van der Waals surface area contributed by atoms with E-state index in [0.29, 0.717) is 0 Å². The molecule has 0 aliphatic heterocycles. The topological polar surface area (TPSA) is 17.1 Å². The molecule has 0 N–H and O–H groups in total. The van der Waals surface area contributed by atoms with Crippen molar-refractivity contribution in [3.63, 3.8) is 0 Å². The molecule has 0 saturated heterocycles. The van der Waals surface area contributed by atoms with E-state index in [4.69, 9.17) is 23.2 Å². The number of hydrogen-bond donors (Lipinski definition) is 0. The largest absolute Gasteiger partial charge is 0.302 e. The lowest BCUT2D eigenvalue weighted by molar-refractivity contribution is -0.120. The van der Waals surface area contributed by atoms with Crippen molar-refractivity contribution in [2.45, 2.75) is 19.8 Å². The molecule has 0 saturated carbocycles. The Labute approximate surface area is 116 Å². The van der Waals surface area contributed by atoms with E-state index in [9.17, 15) is 4.79 Å². The zero-order chi connectivity index (χ0) is 13.6. The molecule has 0 bridgehead atoms. The highest BCUT2D eigenvalue weighted by Gasteiger charge is 2.50. The van der Waals surface area contributed by atoms with Crippen LogP contribution in [-0.2, 0) is 4.79 Å². The molecule has 1 nitrogen and oxygen atoms in total. The van der Waals surface area contributed by atoms with E-state index < -0.39 is 19.8 Å². The molecule has 0 heterocycles. The molecular weight excluding hydrogens is 233 g/mol. The van der Waals surface area contributed by atoms with Crippen LogP contribution in [0.5, 0.6) is 0 Å². The third-order valence-electron chi connectivity index (χ3n) is 4.11. The van der Waals surface area contributed by atoms with Gasteiger partial charge < -0.3 is 4.79 Å². The fourth-order valence-electron chi connectivity index (χ4n) is 1.32. The summed E-state index contributed by atoms with van der Waals surface area (Å²) in [5.41, 5.74) is 0. The maximum Gasteiger partial charge on any atom is 0.117 e. The number of rotatable bonds is 4. The normalized spacial score (nSPS) is 14.6. The predicted octanol–water partition coefficient (Wildman–Crippen LogP) is -6.36. The maximum atomic E-state index is 12.6. The van der Waals surface area contributed by atoms with Gasteiger partial charge in [0.15, 0.2) is 0 Å². The van der Waals surface area contributed by atoms with Crippen LogP contribution in [0.15, 0.2) is 0 Å². The summed E-state index contributed by atoms with van der Waals surface area (Å²) >= 11 is 12.6. The number of carbonyl (C=O) groups excluding carboxylic acids is 1. The van der Waals surface area contributed by atoms with Gasteiger partial charge in [0.1, 0.15) is 68.6 Å². The molecule has 0 amide bonds. The summed E-state index contributed by atoms with van der Waals surface area (Å²) in [6.07, 6.45) is 0. The molecule has 0 aromatic rings. The second-order valence-corrected chi connectivity index (χ2v) is 8.41. The summed E-state index contributed by atoms with van der Waals surface area (Å²) < 4.78 is -1.19. The minimum atomic E-state index is -0.621. The Balaban J connectivity index is 5.40. The monoisotopic (exact) mass is 250 g/mol. The molecule has 0 aromatic carbocycles. The van der Waals surface area contributed by atoms with Crippen LogP contribution < -0.4 is 0 Å². The molecular formula is C5H16B8Cl2O. The van der Waals surface area contributed by atoms with E-state index in [1.807, 2.05) is 62.8 Å². The van der Waals surface area contributed by atoms with E-state index in [0.717, 1.165) is 0 Å². The van der Waals surface area contributed by atoms with Gasteiger partial charge in [0.05, 0.1) is 0 Å². The van der Waals surface area contributed by atoms with Gasteiger partial charge in [-0.3, -0.25) is 0 Å². The van der Waals surface area contributed by atoms with Gasteiger partial charge in [-0.05, 0) is 19.8 Å². The van der Waals surface area contributed by atoms with Crippen molar-refractivity contribution in [2.24, 2.45) is 0 Å². The van der Waals surface area contributed by atoms with Crippen molar-refractivity contribution in [2.75, 3.05) is 0 Å². The van der Waals surface area contributed by atoms with Crippen LogP contribution in [-0.4, -0.2) is 77.9 Å². The quantitative estimate of drug-likeness (QED) is 0.358. The molecule has 0 aliphatic rings. The van der Waals surface area contributed by atoms with Gasteiger partial charge in [0, 0.05) is 0 Å². The standard InChI is InChI=1S/C5H16B8Cl2O/c6-2(7,4(10,11)14)1(16)3(8,9)5(12,13)15/h6-13H2. The summed E-state index contributed by atoms with van der Waals surface area (Å²) in [4.78, 5) is 12.6. The number of Topliss-reactive ketones (excluding diaryl/α,β-unsaturated/α-hetero) is 1. The first-order chi connectivity index (χ1) is 6.65. The number of alkyl halides is 2. The smallest absolute Gasteiger partial charge is 0.117 e. The first-order valence-corrected chi connectivity index (χ1v) is 6.34. The molecule has 11 heteroatoms. The fraction of sp³-hybridized carbons (Fsp3) is 0.800. The van der Waals surface area contributed by atoms with Crippen molar-refractivity contribution in [1.82, 2.24) is 0 Å². The first kappa shape index (κ1) is 16.8. The highest BCUT2D eigenvalue weighted by Crippen LogP contribution is 2.45. The van der Waals surface area contributed by atoms with Crippen LogP contribution in [0.25, 0.3) is 0 Å². The van der Waals surface area contributed by atoms with Crippen molar-refractivity contribution in [3.8, 4) is 0 Å². The predicted molar refractivity (Wildman–Crippen MR) is 95.9 cm³/mol. The summed E-state index contributed by atoms with van der Waals surface area (Å²) in [6, 6.07) is 0. The highest BCUT2D eigenvalue weighted by atomic mass is 35.5. The zero-order valence-corrected chi connectivity index (χ0v) is 13.2. The average molecular weight is 250 g/mol. The van der Waals surface area contributed by atoms with Crippen LogP contribution in [0.2, 0.25) is 10.4 Å². The molecule has 0 unspecified atom stereocenters. The lowest BCUT2D eigenvalue weighted by Gasteiger charge is -2.46. The fourth-order valence-corrected chi connectivity index (χ4v) is 1.49. The summed E-state index contributed by atoms with van der Waals surface area (Å²) in [6.45, 7) is 0. The lowest BCUT2D eigenvalue weighted by atomic mass is 9.27. The molecule has 0 atom stereocenters. The first-order valence-electron chi connectivity index (χ1n) is 5.58. The Kier molecular flexibility index (Phi) is 4.68. The Morgan fingerprint density at radius 2 is 0.875 bits per heavy atom. The van der Waals surface area contributed by atoms with Gasteiger partial charge in [0.25, 0.3) is 0 Å². The van der Waals surface area contributed by atoms with Crippen LogP contribution >= 0.6 is 23.2 Å². The zero-order valence-electron chi connectivity index (χ0n) is 11.7. The lowest BCUT2D eigenvalue weighted by Crippen LogP contribution is -2.56. The third-order valence-corrected chi connectivity index (χ3v) is 5.05. The van der Waals surface area contributed by atoms with Gasteiger partial charge in [-0.1, -0.05) is 0 Å². The second-order valence-electron chi connectivity index (χ2n) is 6.52. The number of hydrogen-bond acceptors (Lipinski definition) is 1. The van der Waals surface area contributed by atoms with E-state index in [1.165, 1.54) is 0 Å². The SMILES string of the molecule is BC(B)(Cl)C(B)(B)C(=O)C(B)(B)C(B)(B)Cl. The van der Waals surface area contributed by atoms with Crippen LogP contribution in [0.1, 0.15) is 0 Å².